The molecular weight excluding hydrogens is 316 g/mol. The van der Waals surface area contributed by atoms with Gasteiger partial charge in [-0.1, -0.05) is 6.07 Å². The average molecular weight is 340 g/mol. The number of hydrogen-bond acceptors (Lipinski definition) is 4. The van der Waals surface area contributed by atoms with Crippen molar-refractivity contribution in [3.05, 3.63) is 48.3 Å². The molecule has 0 unspecified atom stereocenters. The molecule has 2 aliphatic rings. The first-order valence-corrected chi connectivity index (χ1v) is 8.96. The summed E-state index contributed by atoms with van der Waals surface area (Å²) in [5.74, 6) is 1.29. The Balaban J connectivity index is 1.48. The van der Waals surface area contributed by atoms with Crippen LogP contribution < -0.4 is 0 Å². The van der Waals surface area contributed by atoms with Crippen LogP contribution in [0.3, 0.4) is 0 Å². The SMILES string of the molecule is Cn1cncc1C(=O)N1C[C@@H](COCC2CC2)[C@H](c2ccccn2)C1. The summed E-state index contributed by atoms with van der Waals surface area (Å²) in [7, 11) is 1.85. The number of hydrogen-bond donors (Lipinski definition) is 0. The highest BCUT2D eigenvalue weighted by Crippen LogP contribution is 2.34. The van der Waals surface area contributed by atoms with E-state index in [0.717, 1.165) is 18.2 Å². The summed E-state index contributed by atoms with van der Waals surface area (Å²) < 4.78 is 7.73. The fraction of sp³-hybridized carbons (Fsp3) is 0.526. The molecule has 1 amide bonds. The van der Waals surface area contributed by atoms with Gasteiger partial charge < -0.3 is 14.2 Å². The van der Waals surface area contributed by atoms with E-state index < -0.39 is 0 Å². The van der Waals surface area contributed by atoms with Crippen LogP contribution in [0.1, 0.15) is 34.9 Å². The maximum atomic E-state index is 12.8. The second-order valence-electron chi connectivity index (χ2n) is 7.20. The zero-order chi connectivity index (χ0) is 17.2. The Labute approximate surface area is 147 Å². The highest BCUT2D eigenvalue weighted by molar-refractivity contribution is 5.92. The Morgan fingerprint density at radius 2 is 2.16 bits per heavy atom. The van der Waals surface area contributed by atoms with E-state index in [1.165, 1.54) is 12.8 Å². The van der Waals surface area contributed by atoms with Crippen molar-refractivity contribution in [1.82, 2.24) is 19.4 Å². The van der Waals surface area contributed by atoms with Crippen molar-refractivity contribution in [3.63, 3.8) is 0 Å². The minimum atomic E-state index is 0.0330. The van der Waals surface area contributed by atoms with Crippen molar-refractivity contribution in [2.45, 2.75) is 18.8 Å². The number of ether oxygens (including phenoxy) is 1. The molecule has 0 aromatic carbocycles. The van der Waals surface area contributed by atoms with Crippen molar-refractivity contribution in [2.24, 2.45) is 18.9 Å². The molecule has 4 rings (SSSR count). The third kappa shape index (κ3) is 3.58. The molecule has 0 N–H and O–H groups in total. The molecule has 1 saturated heterocycles. The Bertz CT molecular complexity index is 726. The van der Waals surface area contributed by atoms with Crippen molar-refractivity contribution < 1.29 is 9.53 Å². The number of likely N-dealkylation sites (tertiary alicyclic amines) is 1. The quantitative estimate of drug-likeness (QED) is 0.808. The Kier molecular flexibility index (Phi) is 4.53. The number of imidazole rings is 1. The zero-order valence-electron chi connectivity index (χ0n) is 14.5. The summed E-state index contributed by atoms with van der Waals surface area (Å²) in [6.45, 7) is 2.92. The van der Waals surface area contributed by atoms with Gasteiger partial charge in [-0.2, -0.15) is 0 Å². The minimum absolute atomic E-state index is 0.0330. The Hall–Kier alpha value is -2.21. The number of amides is 1. The first-order chi connectivity index (χ1) is 12.2. The lowest BCUT2D eigenvalue weighted by molar-refractivity contribution is 0.0731. The second kappa shape index (κ2) is 6.96. The number of pyridine rings is 1. The highest BCUT2D eigenvalue weighted by atomic mass is 16.5. The zero-order valence-corrected chi connectivity index (χ0v) is 14.5. The maximum Gasteiger partial charge on any atom is 0.272 e. The first kappa shape index (κ1) is 16.3. The van der Waals surface area contributed by atoms with Crippen LogP contribution >= 0.6 is 0 Å². The van der Waals surface area contributed by atoms with Gasteiger partial charge in [-0.15, -0.1) is 0 Å². The van der Waals surface area contributed by atoms with Gasteiger partial charge >= 0.3 is 0 Å². The fourth-order valence-corrected chi connectivity index (χ4v) is 3.53. The van der Waals surface area contributed by atoms with E-state index in [-0.39, 0.29) is 17.7 Å². The topological polar surface area (TPSA) is 60.2 Å². The Morgan fingerprint density at radius 1 is 1.28 bits per heavy atom. The van der Waals surface area contributed by atoms with E-state index in [4.69, 9.17) is 4.74 Å². The molecule has 2 fully saturated rings. The first-order valence-electron chi connectivity index (χ1n) is 8.96. The second-order valence-corrected chi connectivity index (χ2v) is 7.20. The molecule has 3 heterocycles. The van der Waals surface area contributed by atoms with Crippen LogP contribution in [0, 0.1) is 11.8 Å². The van der Waals surface area contributed by atoms with Gasteiger partial charge in [0.2, 0.25) is 0 Å². The summed E-state index contributed by atoms with van der Waals surface area (Å²) in [5, 5.41) is 0. The molecule has 132 valence electrons. The summed E-state index contributed by atoms with van der Waals surface area (Å²) in [4.78, 5) is 23.4. The predicted molar refractivity (Wildman–Crippen MR) is 93.1 cm³/mol. The van der Waals surface area contributed by atoms with Gasteiger partial charge in [0, 0.05) is 50.5 Å². The van der Waals surface area contributed by atoms with E-state index in [9.17, 15) is 4.79 Å². The monoisotopic (exact) mass is 340 g/mol. The normalized spacial score (nSPS) is 23.2. The van der Waals surface area contributed by atoms with E-state index in [2.05, 4.69) is 16.0 Å². The van der Waals surface area contributed by atoms with E-state index in [0.29, 0.717) is 25.4 Å². The van der Waals surface area contributed by atoms with Crippen LogP contribution in [-0.2, 0) is 11.8 Å². The number of carbonyl (C=O) groups excluding carboxylic acids is 1. The summed E-state index contributed by atoms with van der Waals surface area (Å²) in [6, 6.07) is 5.99. The number of carbonyl (C=O) groups is 1. The van der Waals surface area contributed by atoms with Crippen molar-refractivity contribution in [3.8, 4) is 0 Å². The van der Waals surface area contributed by atoms with E-state index >= 15 is 0 Å². The van der Waals surface area contributed by atoms with Gasteiger partial charge in [-0.25, -0.2) is 4.98 Å². The van der Waals surface area contributed by atoms with E-state index in [1.54, 1.807) is 17.1 Å². The third-order valence-electron chi connectivity index (χ3n) is 5.21. The average Bonchev–Trinajstić information content (AvgIpc) is 3.20. The van der Waals surface area contributed by atoms with Gasteiger partial charge in [-0.05, 0) is 30.9 Å². The standard InChI is InChI=1S/C19H24N4O2/c1-22-13-20-8-18(22)19(24)23-9-15(12-25-11-14-5-6-14)16(10-23)17-4-2-3-7-21-17/h2-4,7-8,13-16H,5-6,9-12H2,1H3/t15-,16+/m0/s1. The van der Waals surface area contributed by atoms with Gasteiger partial charge in [0.25, 0.3) is 5.91 Å². The van der Waals surface area contributed by atoms with Crippen molar-refractivity contribution in [1.29, 1.82) is 0 Å². The molecule has 6 heteroatoms. The molecule has 1 aliphatic carbocycles. The van der Waals surface area contributed by atoms with Gasteiger partial charge in [0.1, 0.15) is 5.69 Å². The lowest BCUT2D eigenvalue weighted by atomic mass is 9.93. The molecule has 25 heavy (non-hydrogen) atoms. The van der Waals surface area contributed by atoms with Crippen LogP contribution in [0.5, 0.6) is 0 Å². The van der Waals surface area contributed by atoms with E-state index in [1.807, 2.05) is 30.3 Å². The number of nitrogens with zero attached hydrogens (tertiary/aromatic N) is 4. The molecule has 2 aromatic heterocycles. The van der Waals surface area contributed by atoms with Gasteiger partial charge in [0.15, 0.2) is 0 Å². The van der Waals surface area contributed by atoms with Crippen LogP contribution in [0.15, 0.2) is 36.9 Å². The molecule has 2 aromatic rings. The molecule has 2 atom stereocenters. The minimum Gasteiger partial charge on any atom is -0.381 e. The predicted octanol–water partition coefficient (Wildman–Crippen LogP) is 2.10. The largest absolute Gasteiger partial charge is 0.381 e. The molecule has 1 saturated carbocycles. The molecule has 1 aliphatic heterocycles. The molecular formula is C19H24N4O2. The van der Waals surface area contributed by atoms with Crippen molar-refractivity contribution >= 4 is 5.91 Å². The summed E-state index contributed by atoms with van der Waals surface area (Å²) in [5.41, 5.74) is 1.67. The van der Waals surface area contributed by atoms with Crippen LogP contribution in [-0.4, -0.2) is 51.6 Å². The number of aromatic nitrogens is 3. The van der Waals surface area contributed by atoms with Crippen LogP contribution in [0.4, 0.5) is 0 Å². The smallest absolute Gasteiger partial charge is 0.272 e. The maximum absolute atomic E-state index is 12.8. The summed E-state index contributed by atoms with van der Waals surface area (Å²) >= 11 is 0. The highest BCUT2D eigenvalue weighted by Gasteiger charge is 2.38. The lowest BCUT2D eigenvalue weighted by Gasteiger charge is -2.17. The number of aryl methyl sites for hydroxylation is 1. The van der Waals surface area contributed by atoms with Crippen LogP contribution in [0.25, 0.3) is 0 Å². The van der Waals surface area contributed by atoms with Crippen molar-refractivity contribution in [2.75, 3.05) is 26.3 Å². The van der Waals surface area contributed by atoms with Gasteiger partial charge in [0.05, 0.1) is 19.1 Å². The van der Waals surface area contributed by atoms with Crippen LogP contribution in [0.2, 0.25) is 0 Å². The van der Waals surface area contributed by atoms with Gasteiger partial charge in [-0.3, -0.25) is 9.78 Å². The molecule has 0 bridgehead atoms. The number of rotatable bonds is 6. The molecule has 6 nitrogen and oxygen atoms in total. The lowest BCUT2D eigenvalue weighted by Crippen LogP contribution is -2.30. The Morgan fingerprint density at radius 3 is 2.84 bits per heavy atom. The molecule has 0 radical (unpaired) electrons. The fourth-order valence-electron chi connectivity index (χ4n) is 3.53. The summed E-state index contributed by atoms with van der Waals surface area (Å²) in [6.07, 6.45) is 7.70. The third-order valence-corrected chi connectivity index (χ3v) is 5.21. The molecule has 0 spiro atoms.